The maximum atomic E-state index is 12.9. The molecule has 0 bridgehead atoms. The van der Waals surface area contributed by atoms with Crippen LogP contribution in [0.2, 0.25) is 0 Å². The molecule has 1 saturated carbocycles. The van der Waals surface area contributed by atoms with Crippen molar-refractivity contribution < 1.29 is 32.6 Å². The summed E-state index contributed by atoms with van der Waals surface area (Å²) in [5.41, 5.74) is -1.45. The van der Waals surface area contributed by atoms with Gasteiger partial charge in [0, 0.05) is 36.8 Å². The first-order valence-electron chi connectivity index (χ1n) is 12.3. The molecule has 2 amide bonds. The van der Waals surface area contributed by atoms with Gasteiger partial charge in [-0.3, -0.25) is 14.5 Å². The molecule has 1 aromatic carbocycles. The highest BCUT2D eigenvalue weighted by Crippen LogP contribution is 2.39. The van der Waals surface area contributed by atoms with Gasteiger partial charge in [0.05, 0.1) is 24.9 Å². The van der Waals surface area contributed by atoms with E-state index >= 15 is 0 Å². The lowest BCUT2D eigenvalue weighted by Gasteiger charge is -2.39. The molecule has 37 heavy (non-hydrogen) atoms. The summed E-state index contributed by atoms with van der Waals surface area (Å²) < 4.78 is 43.8. The summed E-state index contributed by atoms with van der Waals surface area (Å²) in [6.45, 7) is 1.14. The monoisotopic (exact) mass is 520 g/mol. The molecule has 2 fully saturated rings. The molecular weight excluding hydrogens is 489 g/mol. The lowest BCUT2D eigenvalue weighted by atomic mass is 9.79. The van der Waals surface area contributed by atoms with Crippen LogP contribution >= 0.6 is 0 Å². The Labute approximate surface area is 213 Å². The van der Waals surface area contributed by atoms with Crippen molar-refractivity contribution in [1.82, 2.24) is 20.5 Å². The largest absolute Gasteiger partial charge is 0.481 e. The summed E-state index contributed by atoms with van der Waals surface area (Å²) in [6, 6.07) is 9.66. The molecule has 2 aromatic rings. The second-order valence-electron chi connectivity index (χ2n) is 9.64. The SMILES string of the molecule is COc1cccc(C2(O)CCC(N3CC[C@@H](NC(=O)CNC(=O)c4cccc(C(F)(F)F)c4)C3)CC2)n1. The molecule has 1 aliphatic heterocycles. The van der Waals surface area contributed by atoms with Crippen molar-refractivity contribution in [2.24, 2.45) is 0 Å². The lowest BCUT2D eigenvalue weighted by molar-refractivity contribution is -0.137. The van der Waals surface area contributed by atoms with Gasteiger partial charge in [-0.15, -0.1) is 0 Å². The molecule has 1 atom stereocenters. The molecule has 8 nitrogen and oxygen atoms in total. The van der Waals surface area contributed by atoms with E-state index in [4.69, 9.17) is 4.74 Å². The third kappa shape index (κ3) is 6.58. The van der Waals surface area contributed by atoms with Crippen LogP contribution in [0.25, 0.3) is 0 Å². The molecule has 1 aliphatic carbocycles. The summed E-state index contributed by atoms with van der Waals surface area (Å²) in [6.07, 6.45) is -1.05. The van der Waals surface area contributed by atoms with Crippen LogP contribution in [0.4, 0.5) is 13.2 Å². The van der Waals surface area contributed by atoms with E-state index in [-0.39, 0.29) is 24.2 Å². The summed E-state index contributed by atoms with van der Waals surface area (Å²) in [5, 5.41) is 16.4. The highest BCUT2D eigenvalue weighted by atomic mass is 19.4. The average molecular weight is 521 g/mol. The molecule has 200 valence electrons. The van der Waals surface area contributed by atoms with E-state index in [1.54, 1.807) is 13.2 Å². The molecule has 0 spiro atoms. The molecule has 1 saturated heterocycles. The number of hydrogen-bond donors (Lipinski definition) is 3. The summed E-state index contributed by atoms with van der Waals surface area (Å²) >= 11 is 0. The zero-order valence-electron chi connectivity index (χ0n) is 20.6. The molecule has 1 aromatic heterocycles. The number of amides is 2. The Morgan fingerprint density at radius 1 is 1.16 bits per heavy atom. The third-order valence-electron chi connectivity index (χ3n) is 7.15. The molecule has 2 aliphatic rings. The van der Waals surface area contributed by atoms with Gasteiger partial charge in [0.1, 0.15) is 5.60 Å². The van der Waals surface area contributed by atoms with Gasteiger partial charge in [0.25, 0.3) is 5.91 Å². The van der Waals surface area contributed by atoms with E-state index in [1.807, 2.05) is 12.1 Å². The lowest BCUT2D eigenvalue weighted by Crippen LogP contribution is -2.45. The smallest absolute Gasteiger partial charge is 0.416 e. The average Bonchev–Trinajstić information content (AvgIpc) is 3.35. The number of hydrogen-bond acceptors (Lipinski definition) is 6. The van der Waals surface area contributed by atoms with Crippen LogP contribution in [0.3, 0.4) is 0 Å². The summed E-state index contributed by atoms with van der Waals surface area (Å²) in [4.78, 5) is 31.3. The Balaban J connectivity index is 1.22. The number of pyridine rings is 1. The summed E-state index contributed by atoms with van der Waals surface area (Å²) in [7, 11) is 1.54. The molecule has 0 unspecified atom stereocenters. The van der Waals surface area contributed by atoms with Crippen molar-refractivity contribution in [2.75, 3.05) is 26.7 Å². The quantitative estimate of drug-likeness (QED) is 0.519. The van der Waals surface area contributed by atoms with E-state index in [2.05, 4.69) is 20.5 Å². The molecule has 11 heteroatoms. The zero-order valence-corrected chi connectivity index (χ0v) is 20.6. The maximum absolute atomic E-state index is 12.9. The van der Waals surface area contributed by atoms with Gasteiger partial charge in [-0.25, -0.2) is 4.98 Å². The maximum Gasteiger partial charge on any atom is 0.416 e. The molecule has 2 heterocycles. The van der Waals surface area contributed by atoms with Gasteiger partial charge in [0.2, 0.25) is 11.8 Å². The van der Waals surface area contributed by atoms with Crippen molar-refractivity contribution in [2.45, 2.75) is 56.0 Å². The Kier molecular flexibility index (Phi) is 8.03. The normalized spacial score (nSPS) is 24.5. The fourth-order valence-corrected chi connectivity index (χ4v) is 5.10. The van der Waals surface area contributed by atoms with Crippen LogP contribution in [0, 0.1) is 0 Å². The minimum atomic E-state index is -4.55. The Morgan fingerprint density at radius 2 is 1.89 bits per heavy atom. The number of benzene rings is 1. The third-order valence-corrected chi connectivity index (χ3v) is 7.15. The van der Waals surface area contributed by atoms with Gasteiger partial charge in [-0.2, -0.15) is 13.2 Å². The van der Waals surface area contributed by atoms with Crippen LogP contribution in [-0.2, 0) is 16.6 Å². The van der Waals surface area contributed by atoms with Gasteiger partial charge >= 0.3 is 6.18 Å². The highest BCUT2D eigenvalue weighted by molar-refractivity contribution is 5.96. The van der Waals surface area contributed by atoms with E-state index in [9.17, 15) is 27.9 Å². The van der Waals surface area contributed by atoms with E-state index in [0.29, 0.717) is 31.0 Å². The van der Waals surface area contributed by atoms with Crippen molar-refractivity contribution in [1.29, 1.82) is 0 Å². The number of aliphatic hydroxyl groups is 1. The Hall–Kier alpha value is -3.18. The minimum absolute atomic E-state index is 0.0844. The van der Waals surface area contributed by atoms with Gasteiger partial charge in [-0.1, -0.05) is 12.1 Å². The van der Waals surface area contributed by atoms with Crippen molar-refractivity contribution in [3.63, 3.8) is 0 Å². The second-order valence-corrected chi connectivity index (χ2v) is 9.64. The number of alkyl halides is 3. The number of aromatic nitrogens is 1. The number of carbonyl (C=O) groups excluding carboxylic acids is 2. The van der Waals surface area contributed by atoms with Crippen LogP contribution in [0.1, 0.15) is 53.7 Å². The minimum Gasteiger partial charge on any atom is -0.481 e. The van der Waals surface area contributed by atoms with E-state index in [0.717, 1.165) is 44.0 Å². The number of nitrogens with one attached hydrogen (secondary N) is 2. The van der Waals surface area contributed by atoms with Gasteiger partial charge in [0.15, 0.2) is 0 Å². The number of methoxy groups -OCH3 is 1. The van der Waals surface area contributed by atoms with Crippen LogP contribution in [-0.4, -0.2) is 65.6 Å². The predicted molar refractivity (Wildman–Crippen MR) is 129 cm³/mol. The molecule has 3 N–H and O–H groups in total. The summed E-state index contributed by atoms with van der Waals surface area (Å²) in [5.74, 6) is -0.666. The van der Waals surface area contributed by atoms with Crippen molar-refractivity contribution >= 4 is 11.8 Å². The topological polar surface area (TPSA) is 104 Å². The first-order valence-corrected chi connectivity index (χ1v) is 12.3. The van der Waals surface area contributed by atoms with Crippen LogP contribution in [0.15, 0.2) is 42.5 Å². The van der Waals surface area contributed by atoms with E-state index in [1.165, 1.54) is 6.07 Å². The number of likely N-dealkylation sites (tertiary alicyclic amines) is 1. The van der Waals surface area contributed by atoms with Crippen LogP contribution in [0.5, 0.6) is 5.88 Å². The second kappa shape index (κ2) is 11.1. The predicted octanol–water partition coefficient (Wildman–Crippen LogP) is 2.86. The molecular formula is C26H31F3N4O4. The van der Waals surface area contributed by atoms with Crippen molar-refractivity contribution in [3.05, 3.63) is 59.3 Å². The van der Waals surface area contributed by atoms with Crippen LogP contribution < -0.4 is 15.4 Å². The van der Waals surface area contributed by atoms with E-state index < -0.39 is 29.2 Å². The molecule has 0 radical (unpaired) electrons. The number of carbonyl (C=O) groups is 2. The number of halogens is 3. The standard InChI is InChI=1S/C26H31F3N4O4/c1-37-23-7-3-6-21(32-23)25(36)11-8-20(9-12-25)33-13-10-19(16-33)31-22(34)15-30-24(35)17-4-2-5-18(14-17)26(27,28)29/h2-7,14,19-20,36H,8-13,15-16H2,1H3,(H,30,35)(H,31,34)/t19-,20?,25?/m1/s1. The first kappa shape index (κ1) is 26.9. The fraction of sp³-hybridized carbons (Fsp3) is 0.500. The Bertz CT molecular complexity index is 1120. The fourth-order valence-electron chi connectivity index (χ4n) is 5.10. The highest BCUT2D eigenvalue weighted by Gasteiger charge is 2.39. The number of rotatable bonds is 7. The van der Waals surface area contributed by atoms with Gasteiger partial charge < -0.3 is 20.5 Å². The van der Waals surface area contributed by atoms with Gasteiger partial charge in [-0.05, 0) is 56.4 Å². The molecule has 4 rings (SSSR count). The zero-order chi connectivity index (χ0) is 26.6. The Morgan fingerprint density at radius 3 is 2.59 bits per heavy atom. The van der Waals surface area contributed by atoms with Crippen molar-refractivity contribution in [3.8, 4) is 5.88 Å². The number of ether oxygens (including phenoxy) is 1. The first-order chi connectivity index (χ1) is 17.6. The number of nitrogens with zero attached hydrogens (tertiary/aromatic N) is 2.